The van der Waals surface area contributed by atoms with E-state index in [1.54, 1.807) is 27.1 Å². The van der Waals surface area contributed by atoms with Crippen LogP contribution < -0.4 is 10.0 Å². The summed E-state index contributed by atoms with van der Waals surface area (Å²) in [4.78, 5) is 5.12. The van der Waals surface area contributed by atoms with Crippen LogP contribution >= 0.6 is 11.3 Å². The average Bonchev–Trinajstić information content (AvgIpc) is 2.95. The first-order valence-electron chi connectivity index (χ1n) is 6.06. The first-order chi connectivity index (χ1) is 9.44. The molecular weight excluding hydrogens is 298 g/mol. The minimum Gasteiger partial charge on any atom is -0.445 e. The zero-order valence-electron chi connectivity index (χ0n) is 11.6. The predicted molar refractivity (Wildman–Crippen MR) is 77.1 cm³/mol. The molecule has 0 atom stereocenters. The van der Waals surface area contributed by atoms with Gasteiger partial charge in [0, 0.05) is 11.4 Å². The molecule has 2 N–H and O–H groups in total. The van der Waals surface area contributed by atoms with E-state index in [0.717, 1.165) is 10.4 Å². The largest absolute Gasteiger partial charge is 0.445 e. The molecule has 110 valence electrons. The summed E-state index contributed by atoms with van der Waals surface area (Å²) in [6.45, 7) is 4.12. The topological polar surface area (TPSA) is 84.2 Å². The van der Waals surface area contributed by atoms with E-state index in [1.807, 2.05) is 5.38 Å². The summed E-state index contributed by atoms with van der Waals surface area (Å²) in [6.07, 6.45) is 1.56. The molecule has 0 spiro atoms. The van der Waals surface area contributed by atoms with Gasteiger partial charge in [-0.2, -0.15) is 0 Å². The Morgan fingerprint density at radius 2 is 2.10 bits per heavy atom. The van der Waals surface area contributed by atoms with Gasteiger partial charge in [-0.25, -0.2) is 18.1 Å². The predicted octanol–water partition coefficient (Wildman–Crippen LogP) is 1.55. The van der Waals surface area contributed by atoms with Gasteiger partial charge in [-0.05, 0) is 31.8 Å². The van der Waals surface area contributed by atoms with Crippen molar-refractivity contribution in [2.24, 2.45) is 0 Å². The second-order valence-corrected chi connectivity index (χ2v) is 7.06. The van der Waals surface area contributed by atoms with Crippen LogP contribution in [-0.4, -0.2) is 20.4 Å². The van der Waals surface area contributed by atoms with Crippen LogP contribution in [-0.2, 0) is 23.1 Å². The second kappa shape index (κ2) is 6.04. The lowest BCUT2D eigenvalue weighted by Crippen LogP contribution is -2.25. The van der Waals surface area contributed by atoms with Crippen molar-refractivity contribution in [3.05, 3.63) is 33.7 Å². The molecule has 0 aliphatic rings. The normalized spacial score (nSPS) is 11.9. The van der Waals surface area contributed by atoms with Crippen molar-refractivity contribution >= 4 is 21.4 Å². The van der Waals surface area contributed by atoms with Crippen LogP contribution in [0.1, 0.15) is 22.1 Å². The molecule has 0 radical (unpaired) electrons. The van der Waals surface area contributed by atoms with Crippen LogP contribution in [0.2, 0.25) is 0 Å². The quantitative estimate of drug-likeness (QED) is 0.845. The summed E-state index contributed by atoms with van der Waals surface area (Å²) in [6, 6.07) is 0. The molecule has 2 rings (SSSR count). The maximum atomic E-state index is 12.4. The number of hydrogen-bond acceptors (Lipinski definition) is 6. The van der Waals surface area contributed by atoms with Crippen LogP contribution in [0.5, 0.6) is 0 Å². The molecule has 0 bridgehead atoms. The Morgan fingerprint density at radius 1 is 1.35 bits per heavy atom. The summed E-state index contributed by atoms with van der Waals surface area (Å²) >= 11 is 1.43. The summed E-state index contributed by atoms with van der Waals surface area (Å²) < 4.78 is 32.6. The van der Waals surface area contributed by atoms with E-state index in [1.165, 1.54) is 11.3 Å². The van der Waals surface area contributed by atoms with Gasteiger partial charge in [0.1, 0.15) is 10.7 Å². The highest BCUT2D eigenvalue weighted by molar-refractivity contribution is 7.89. The minimum absolute atomic E-state index is 0.0461. The third-order valence-corrected chi connectivity index (χ3v) is 5.54. The lowest BCUT2D eigenvalue weighted by atomic mass is 10.3. The van der Waals surface area contributed by atoms with Gasteiger partial charge in [-0.3, -0.25) is 0 Å². The van der Waals surface area contributed by atoms with Crippen LogP contribution in [0.25, 0.3) is 0 Å². The molecule has 0 saturated heterocycles. The molecule has 6 nitrogen and oxygen atoms in total. The summed E-state index contributed by atoms with van der Waals surface area (Å²) in [5.74, 6) is 1.01. The first kappa shape index (κ1) is 15.2. The number of hydrogen-bond donors (Lipinski definition) is 2. The van der Waals surface area contributed by atoms with Gasteiger partial charge in [0.15, 0.2) is 0 Å². The van der Waals surface area contributed by atoms with Crippen molar-refractivity contribution in [2.45, 2.75) is 31.8 Å². The Hall–Kier alpha value is -1.22. The molecule has 2 heterocycles. The lowest BCUT2D eigenvalue weighted by Gasteiger charge is -2.07. The Labute approximate surface area is 122 Å². The molecule has 8 heteroatoms. The third kappa shape index (κ3) is 3.26. The SMILES string of the molecule is CNCc1scc(C)c1S(=O)(=O)NCc1ncc(C)o1. The van der Waals surface area contributed by atoms with Crippen LogP contribution in [0.15, 0.2) is 20.9 Å². The third-order valence-electron chi connectivity index (χ3n) is 2.68. The molecule has 0 amide bonds. The second-order valence-electron chi connectivity index (χ2n) is 4.39. The van der Waals surface area contributed by atoms with E-state index in [9.17, 15) is 8.42 Å². The first-order valence-corrected chi connectivity index (χ1v) is 8.43. The summed E-state index contributed by atoms with van der Waals surface area (Å²) in [7, 11) is -1.78. The van der Waals surface area contributed by atoms with Crippen molar-refractivity contribution in [3.63, 3.8) is 0 Å². The number of rotatable bonds is 6. The van der Waals surface area contributed by atoms with Gasteiger partial charge < -0.3 is 9.73 Å². The van der Waals surface area contributed by atoms with Gasteiger partial charge in [-0.15, -0.1) is 11.3 Å². The van der Waals surface area contributed by atoms with E-state index in [2.05, 4.69) is 15.0 Å². The number of sulfonamides is 1. The van der Waals surface area contributed by atoms with Gasteiger partial charge in [-0.1, -0.05) is 0 Å². The van der Waals surface area contributed by atoms with Crippen molar-refractivity contribution in [1.29, 1.82) is 0 Å². The highest BCUT2D eigenvalue weighted by atomic mass is 32.2. The Balaban J connectivity index is 2.20. The maximum Gasteiger partial charge on any atom is 0.242 e. The van der Waals surface area contributed by atoms with Crippen molar-refractivity contribution < 1.29 is 12.8 Å². The molecule has 2 aromatic heterocycles. The maximum absolute atomic E-state index is 12.4. The van der Waals surface area contributed by atoms with Gasteiger partial charge >= 0.3 is 0 Å². The fourth-order valence-corrected chi connectivity index (χ4v) is 4.64. The van der Waals surface area contributed by atoms with E-state index >= 15 is 0 Å². The zero-order valence-corrected chi connectivity index (χ0v) is 13.2. The Kier molecular flexibility index (Phi) is 4.59. The fraction of sp³-hybridized carbons (Fsp3) is 0.417. The fourth-order valence-electron chi connectivity index (χ4n) is 1.84. The van der Waals surface area contributed by atoms with Gasteiger partial charge in [0.25, 0.3) is 0 Å². The van der Waals surface area contributed by atoms with Crippen LogP contribution in [0, 0.1) is 13.8 Å². The van der Waals surface area contributed by atoms with Crippen molar-refractivity contribution in [2.75, 3.05) is 7.05 Å². The molecule has 0 aliphatic carbocycles. The highest BCUT2D eigenvalue weighted by Gasteiger charge is 2.23. The molecule has 0 aliphatic heterocycles. The van der Waals surface area contributed by atoms with E-state index in [4.69, 9.17) is 4.42 Å². The van der Waals surface area contributed by atoms with Gasteiger partial charge in [0.05, 0.1) is 12.7 Å². The summed E-state index contributed by atoms with van der Waals surface area (Å²) in [5, 5.41) is 4.82. The number of aromatic nitrogens is 1. The Morgan fingerprint density at radius 3 is 2.70 bits per heavy atom. The van der Waals surface area contributed by atoms with E-state index in [-0.39, 0.29) is 6.54 Å². The monoisotopic (exact) mass is 315 g/mol. The van der Waals surface area contributed by atoms with Crippen molar-refractivity contribution in [3.8, 4) is 0 Å². The molecule has 0 saturated carbocycles. The average molecular weight is 315 g/mol. The highest BCUT2D eigenvalue weighted by Crippen LogP contribution is 2.26. The van der Waals surface area contributed by atoms with Gasteiger partial charge in [0.2, 0.25) is 15.9 Å². The smallest absolute Gasteiger partial charge is 0.242 e. The van der Waals surface area contributed by atoms with Crippen LogP contribution in [0.4, 0.5) is 0 Å². The molecule has 0 aromatic carbocycles. The van der Waals surface area contributed by atoms with E-state index in [0.29, 0.717) is 23.1 Å². The number of nitrogens with zero attached hydrogens (tertiary/aromatic N) is 1. The number of nitrogens with one attached hydrogen (secondary N) is 2. The molecule has 2 aromatic rings. The standard InChI is InChI=1S/C12H17N3O3S2/c1-8-7-19-10(5-13-3)12(8)20(16,17)15-6-11-14-4-9(2)18-11/h4,7,13,15H,5-6H2,1-3H3. The molecule has 0 fully saturated rings. The molecule has 20 heavy (non-hydrogen) atoms. The minimum atomic E-state index is -3.57. The molecular formula is C12H17N3O3S2. The number of aryl methyl sites for hydroxylation is 2. The molecule has 0 unspecified atom stereocenters. The van der Waals surface area contributed by atoms with Crippen LogP contribution in [0.3, 0.4) is 0 Å². The van der Waals surface area contributed by atoms with E-state index < -0.39 is 10.0 Å². The number of thiophene rings is 1. The van der Waals surface area contributed by atoms with Crippen molar-refractivity contribution in [1.82, 2.24) is 15.0 Å². The summed E-state index contributed by atoms with van der Waals surface area (Å²) in [5.41, 5.74) is 0.747. The number of oxazole rings is 1. The zero-order chi connectivity index (χ0) is 14.8. The Bertz CT molecular complexity index is 689. The lowest BCUT2D eigenvalue weighted by molar-refractivity contribution is 0.463.